The molecular formula is C15H21N5O3S. The van der Waals surface area contributed by atoms with Crippen LogP contribution in [0.5, 0.6) is 0 Å². The molecule has 0 radical (unpaired) electrons. The summed E-state index contributed by atoms with van der Waals surface area (Å²) in [4.78, 5) is 15.8. The molecule has 0 bridgehead atoms. The minimum absolute atomic E-state index is 0.0213. The number of aryl methyl sites for hydroxylation is 2. The van der Waals surface area contributed by atoms with Gasteiger partial charge in [0.15, 0.2) is 5.03 Å². The first-order chi connectivity index (χ1) is 11.3. The van der Waals surface area contributed by atoms with Crippen molar-refractivity contribution < 1.29 is 8.42 Å². The molecule has 0 amide bonds. The largest absolute Gasteiger partial charge is 0.339 e. The highest BCUT2D eigenvalue weighted by molar-refractivity contribution is 7.89. The Balaban J connectivity index is 1.65. The number of nitrogens with one attached hydrogen (secondary N) is 1. The van der Waals surface area contributed by atoms with Crippen LogP contribution in [0.3, 0.4) is 0 Å². The van der Waals surface area contributed by atoms with Crippen molar-refractivity contribution in [3.8, 4) is 0 Å². The Hall–Kier alpha value is -2.00. The van der Waals surface area contributed by atoms with Gasteiger partial charge >= 0.3 is 0 Å². The van der Waals surface area contributed by atoms with Crippen LogP contribution < -0.4 is 10.3 Å². The summed E-state index contributed by atoms with van der Waals surface area (Å²) in [7, 11) is -1.88. The van der Waals surface area contributed by atoms with Gasteiger partial charge in [-0.25, -0.2) is 22.8 Å². The van der Waals surface area contributed by atoms with E-state index >= 15 is 0 Å². The van der Waals surface area contributed by atoms with Gasteiger partial charge in [-0.2, -0.15) is 5.10 Å². The van der Waals surface area contributed by atoms with Crippen molar-refractivity contribution in [3.63, 3.8) is 0 Å². The first-order valence-corrected chi connectivity index (χ1v) is 9.40. The quantitative estimate of drug-likeness (QED) is 0.876. The zero-order valence-electron chi connectivity index (χ0n) is 13.7. The maximum absolute atomic E-state index is 12.3. The molecule has 2 aromatic rings. The maximum atomic E-state index is 12.3. The van der Waals surface area contributed by atoms with Gasteiger partial charge in [-0.05, 0) is 38.7 Å². The predicted octanol–water partition coefficient (Wildman–Crippen LogP) is 0.747. The molecule has 0 spiro atoms. The van der Waals surface area contributed by atoms with Crippen molar-refractivity contribution in [3.05, 3.63) is 40.7 Å². The van der Waals surface area contributed by atoms with Crippen molar-refractivity contribution in [2.45, 2.75) is 49.7 Å². The van der Waals surface area contributed by atoms with Gasteiger partial charge in [0.05, 0.1) is 18.1 Å². The molecular weight excluding hydrogens is 330 g/mol. The zero-order valence-corrected chi connectivity index (χ0v) is 14.5. The fourth-order valence-electron chi connectivity index (χ4n) is 3.03. The standard InChI is InChI=1S/C15H21N5O3S/c1-11-3-8-15(21)20(17-11)13-6-4-12(5-7-13)18-24(22,23)14-9-19(2)10-16-14/h3,8-10,12-13,18H,4-7H2,1-2H3. The van der Waals surface area contributed by atoms with E-state index in [1.807, 2.05) is 6.92 Å². The molecule has 1 N–H and O–H groups in total. The highest BCUT2D eigenvalue weighted by Crippen LogP contribution is 2.27. The third kappa shape index (κ3) is 3.57. The summed E-state index contributed by atoms with van der Waals surface area (Å²) in [6, 6.07) is 3.10. The van der Waals surface area contributed by atoms with E-state index in [0.29, 0.717) is 25.7 Å². The third-order valence-electron chi connectivity index (χ3n) is 4.28. The fraction of sp³-hybridized carbons (Fsp3) is 0.533. The number of hydrogen-bond donors (Lipinski definition) is 1. The van der Waals surface area contributed by atoms with Gasteiger partial charge in [0.25, 0.3) is 15.6 Å². The summed E-state index contributed by atoms with van der Waals surface area (Å²) in [6.45, 7) is 1.85. The van der Waals surface area contributed by atoms with Crippen LogP contribution in [0.4, 0.5) is 0 Å². The van der Waals surface area contributed by atoms with Gasteiger partial charge in [-0.3, -0.25) is 4.79 Å². The first-order valence-electron chi connectivity index (χ1n) is 7.92. The van der Waals surface area contributed by atoms with Crippen molar-refractivity contribution in [1.29, 1.82) is 0 Å². The second-order valence-corrected chi connectivity index (χ2v) is 7.92. The average molecular weight is 351 g/mol. The van der Waals surface area contributed by atoms with Gasteiger partial charge in [-0.15, -0.1) is 0 Å². The van der Waals surface area contributed by atoms with Crippen LogP contribution in [0.1, 0.15) is 37.4 Å². The second-order valence-electron chi connectivity index (χ2n) is 6.26. The maximum Gasteiger partial charge on any atom is 0.267 e. The average Bonchev–Trinajstić information content (AvgIpc) is 2.98. The topological polar surface area (TPSA) is 98.9 Å². The smallest absolute Gasteiger partial charge is 0.267 e. The summed E-state index contributed by atoms with van der Waals surface area (Å²) >= 11 is 0. The highest BCUT2D eigenvalue weighted by atomic mass is 32.2. The van der Waals surface area contributed by atoms with E-state index < -0.39 is 10.0 Å². The number of imidazole rings is 1. The van der Waals surface area contributed by atoms with Crippen LogP contribution in [0.2, 0.25) is 0 Å². The molecule has 1 fully saturated rings. The predicted molar refractivity (Wildman–Crippen MR) is 88.1 cm³/mol. The number of hydrogen-bond acceptors (Lipinski definition) is 5. The first kappa shape index (κ1) is 16.8. The van der Waals surface area contributed by atoms with Crippen LogP contribution in [0, 0.1) is 6.92 Å². The van der Waals surface area contributed by atoms with Gasteiger partial charge in [0.2, 0.25) is 0 Å². The normalized spacial score (nSPS) is 21.8. The van der Waals surface area contributed by atoms with E-state index in [4.69, 9.17) is 0 Å². The Morgan fingerprint density at radius 1 is 1.21 bits per heavy atom. The molecule has 24 heavy (non-hydrogen) atoms. The Bertz CT molecular complexity index is 879. The zero-order chi connectivity index (χ0) is 17.3. The Morgan fingerprint density at radius 3 is 2.54 bits per heavy atom. The Morgan fingerprint density at radius 2 is 1.92 bits per heavy atom. The van der Waals surface area contributed by atoms with E-state index in [-0.39, 0.29) is 22.7 Å². The second kappa shape index (κ2) is 6.48. The molecule has 3 rings (SSSR count). The number of rotatable bonds is 4. The van der Waals surface area contributed by atoms with Crippen LogP contribution in [-0.4, -0.2) is 33.8 Å². The molecule has 0 aliphatic heterocycles. The van der Waals surface area contributed by atoms with Gasteiger partial charge in [0.1, 0.15) is 0 Å². The van der Waals surface area contributed by atoms with Crippen molar-refractivity contribution in [1.82, 2.24) is 24.1 Å². The van der Waals surface area contributed by atoms with Crippen molar-refractivity contribution >= 4 is 10.0 Å². The summed E-state index contributed by atoms with van der Waals surface area (Å²) in [5, 5.41) is 4.33. The lowest BCUT2D eigenvalue weighted by Gasteiger charge is -2.29. The van der Waals surface area contributed by atoms with E-state index in [9.17, 15) is 13.2 Å². The SMILES string of the molecule is Cc1ccc(=O)n(C2CCC(NS(=O)(=O)c3cn(C)cn3)CC2)n1. The lowest BCUT2D eigenvalue weighted by molar-refractivity contribution is 0.284. The molecule has 9 heteroatoms. The lowest BCUT2D eigenvalue weighted by atomic mass is 9.92. The molecule has 130 valence electrons. The molecule has 0 aromatic carbocycles. The molecule has 2 heterocycles. The molecule has 0 saturated heterocycles. The number of nitrogens with zero attached hydrogens (tertiary/aromatic N) is 4. The minimum atomic E-state index is -3.60. The van der Waals surface area contributed by atoms with E-state index in [1.165, 1.54) is 23.3 Å². The molecule has 0 atom stereocenters. The van der Waals surface area contributed by atoms with Crippen LogP contribution in [0.15, 0.2) is 34.5 Å². The van der Waals surface area contributed by atoms with Crippen molar-refractivity contribution in [2.24, 2.45) is 7.05 Å². The van der Waals surface area contributed by atoms with Crippen LogP contribution in [-0.2, 0) is 17.1 Å². The van der Waals surface area contributed by atoms with Gasteiger partial charge in [0, 0.05) is 25.4 Å². The summed E-state index contributed by atoms with van der Waals surface area (Å²) in [5.74, 6) is 0. The van der Waals surface area contributed by atoms with Crippen LogP contribution in [0.25, 0.3) is 0 Å². The summed E-state index contributed by atoms with van der Waals surface area (Å²) in [5.41, 5.74) is 0.686. The number of aromatic nitrogens is 4. The molecule has 1 aliphatic rings. The minimum Gasteiger partial charge on any atom is -0.339 e. The number of sulfonamides is 1. The Kier molecular flexibility index (Phi) is 4.55. The van der Waals surface area contributed by atoms with E-state index in [1.54, 1.807) is 17.7 Å². The van der Waals surface area contributed by atoms with Gasteiger partial charge < -0.3 is 4.57 Å². The van der Waals surface area contributed by atoms with Crippen molar-refractivity contribution in [2.75, 3.05) is 0 Å². The third-order valence-corrected chi connectivity index (χ3v) is 5.68. The van der Waals surface area contributed by atoms with Gasteiger partial charge in [-0.1, -0.05) is 0 Å². The summed E-state index contributed by atoms with van der Waals surface area (Å²) in [6.07, 6.45) is 5.70. The molecule has 0 unspecified atom stereocenters. The summed E-state index contributed by atoms with van der Waals surface area (Å²) < 4.78 is 30.5. The molecule has 1 aliphatic carbocycles. The highest BCUT2D eigenvalue weighted by Gasteiger charge is 2.28. The van der Waals surface area contributed by atoms with Crippen LogP contribution >= 0.6 is 0 Å². The van der Waals surface area contributed by atoms with E-state index in [0.717, 1.165) is 5.69 Å². The molecule has 2 aromatic heterocycles. The molecule has 8 nitrogen and oxygen atoms in total. The monoisotopic (exact) mass is 351 g/mol. The Labute approximate surface area is 140 Å². The lowest BCUT2D eigenvalue weighted by Crippen LogP contribution is -2.39. The fourth-order valence-corrected chi connectivity index (χ4v) is 4.31. The van der Waals surface area contributed by atoms with E-state index in [2.05, 4.69) is 14.8 Å². The molecule has 1 saturated carbocycles.